The molecule has 2 saturated heterocycles. The maximum Gasteiger partial charge on any atom is 0.410 e. The Bertz CT molecular complexity index is 377. The van der Waals surface area contributed by atoms with E-state index in [4.69, 9.17) is 9.47 Å². The number of rotatable bonds is 5. The van der Waals surface area contributed by atoms with E-state index in [1.807, 2.05) is 0 Å². The molecule has 1 unspecified atom stereocenters. The highest BCUT2D eigenvalue weighted by atomic mass is 16.6. The molecule has 0 aromatic rings. The summed E-state index contributed by atoms with van der Waals surface area (Å²) >= 11 is 0. The molecule has 104 valence electrons. The first-order valence-electron chi connectivity index (χ1n) is 6.72. The summed E-state index contributed by atoms with van der Waals surface area (Å²) in [6.07, 6.45) is 7.34. The molecule has 0 spiro atoms. The number of likely N-dealkylation sites (tertiary alicyclic amines) is 1. The second kappa shape index (κ2) is 6.57. The number of hydrogen-bond donors (Lipinski definition) is 0. The molecule has 0 saturated carbocycles. The predicted molar refractivity (Wildman–Crippen MR) is 73.9 cm³/mol. The molecule has 1 amide bonds. The van der Waals surface area contributed by atoms with Crippen LogP contribution >= 0.6 is 0 Å². The fraction of sp³-hybridized carbons (Fsp3) is 0.533. The molecule has 0 aromatic carbocycles. The lowest BCUT2D eigenvalue weighted by atomic mass is 9.94. The topological polar surface area (TPSA) is 42.1 Å². The SMILES string of the molecule is C=C/C=C(\C=C)COC(=O)N1CCC(C2CO2)CC1. The molecule has 0 aliphatic carbocycles. The van der Waals surface area contributed by atoms with Gasteiger partial charge in [-0.2, -0.15) is 0 Å². The van der Waals surface area contributed by atoms with Crippen molar-refractivity contribution in [1.29, 1.82) is 0 Å². The van der Waals surface area contributed by atoms with Crippen molar-refractivity contribution >= 4 is 6.09 Å². The van der Waals surface area contributed by atoms with Crippen LogP contribution in [0.15, 0.2) is 37.0 Å². The van der Waals surface area contributed by atoms with E-state index in [1.165, 1.54) is 0 Å². The second-order valence-corrected chi connectivity index (χ2v) is 4.93. The van der Waals surface area contributed by atoms with Gasteiger partial charge in [0.15, 0.2) is 0 Å². The summed E-state index contributed by atoms with van der Waals surface area (Å²) < 4.78 is 10.6. The van der Waals surface area contributed by atoms with Crippen LogP contribution < -0.4 is 0 Å². The minimum Gasteiger partial charge on any atom is -0.445 e. The summed E-state index contributed by atoms with van der Waals surface area (Å²) in [5, 5.41) is 0. The maximum absolute atomic E-state index is 11.9. The van der Waals surface area contributed by atoms with E-state index in [1.54, 1.807) is 23.1 Å². The Labute approximate surface area is 114 Å². The monoisotopic (exact) mass is 263 g/mol. The van der Waals surface area contributed by atoms with E-state index in [0.29, 0.717) is 12.0 Å². The summed E-state index contributed by atoms with van der Waals surface area (Å²) in [5.74, 6) is 0.619. The molecule has 0 aromatic heterocycles. The Morgan fingerprint density at radius 2 is 2.05 bits per heavy atom. The van der Waals surface area contributed by atoms with Crippen LogP contribution in [0.5, 0.6) is 0 Å². The van der Waals surface area contributed by atoms with Gasteiger partial charge < -0.3 is 14.4 Å². The van der Waals surface area contributed by atoms with Gasteiger partial charge in [-0.1, -0.05) is 31.4 Å². The van der Waals surface area contributed by atoms with Gasteiger partial charge in [0.2, 0.25) is 0 Å². The minimum atomic E-state index is -0.244. The molecule has 2 heterocycles. The van der Waals surface area contributed by atoms with Gasteiger partial charge in [-0.25, -0.2) is 4.79 Å². The van der Waals surface area contributed by atoms with Gasteiger partial charge in [-0.05, 0) is 24.3 Å². The number of carbonyl (C=O) groups is 1. The molecule has 1 atom stereocenters. The first kappa shape index (κ1) is 13.9. The third-order valence-electron chi connectivity index (χ3n) is 3.64. The van der Waals surface area contributed by atoms with Crippen molar-refractivity contribution < 1.29 is 14.3 Å². The molecule has 0 N–H and O–H groups in total. The van der Waals surface area contributed by atoms with Gasteiger partial charge in [-0.15, -0.1) is 0 Å². The van der Waals surface area contributed by atoms with E-state index >= 15 is 0 Å². The van der Waals surface area contributed by atoms with Crippen LogP contribution in [0.25, 0.3) is 0 Å². The molecule has 19 heavy (non-hydrogen) atoms. The van der Waals surface area contributed by atoms with Gasteiger partial charge in [-0.3, -0.25) is 0 Å². The number of carbonyl (C=O) groups excluding carboxylic acids is 1. The first-order chi connectivity index (χ1) is 9.24. The number of nitrogens with zero attached hydrogens (tertiary/aromatic N) is 1. The zero-order valence-electron chi connectivity index (χ0n) is 11.2. The summed E-state index contributed by atoms with van der Waals surface area (Å²) in [6, 6.07) is 0. The molecule has 2 aliphatic heterocycles. The summed E-state index contributed by atoms with van der Waals surface area (Å²) in [6.45, 7) is 9.95. The van der Waals surface area contributed by atoms with E-state index in [0.717, 1.165) is 38.1 Å². The largest absolute Gasteiger partial charge is 0.445 e. The Kier molecular flexibility index (Phi) is 4.80. The van der Waals surface area contributed by atoms with E-state index in [9.17, 15) is 4.79 Å². The van der Waals surface area contributed by atoms with Crippen LogP contribution in [-0.2, 0) is 9.47 Å². The van der Waals surface area contributed by atoms with Crippen molar-refractivity contribution in [3.05, 3.63) is 37.0 Å². The van der Waals surface area contributed by atoms with Crippen molar-refractivity contribution in [2.24, 2.45) is 5.92 Å². The molecule has 0 radical (unpaired) electrons. The molecule has 0 bridgehead atoms. The second-order valence-electron chi connectivity index (χ2n) is 4.93. The molecule has 4 heteroatoms. The van der Waals surface area contributed by atoms with Crippen LogP contribution in [0.2, 0.25) is 0 Å². The number of epoxide rings is 1. The lowest BCUT2D eigenvalue weighted by Gasteiger charge is -2.30. The highest BCUT2D eigenvalue weighted by Gasteiger charge is 2.35. The molecule has 2 aliphatic rings. The molecule has 2 rings (SSSR count). The Hall–Kier alpha value is -1.55. The van der Waals surface area contributed by atoms with Crippen molar-refractivity contribution in [3.8, 4) is 0 Å². The van der Waals surface area contributed by atoms with Crippen molar-refractivity contribution in [3.63, 3.8) is 0 Å². The standard InChI is InChI=1S/C15H21NO3/c1-3-5-12(4-2)10-19-15(17)16-8-6-13(7-9-16)14-11-18-14/h3-5,13-14H,1-2,6-11H2/b12-5+. The summed E-state index contributed by atoms with van der Waals surface area (Å²) in [7, 11) is 0. The van der Waals surface area contributed by atoms with Crippen molar-refractivity contribution in [1.82, 2.24) is 4.90 Å². The molecule has 2 fully saturated rings. The van der Waals surface area contributed by atoms with E-state index in [2.05, 4.69) is 13.2 Å². The third kappa shape index (κ3) is 3.96. The predicted octanol–water partition coefficient (Wildman–Crippen LogP) is 2.53. The van der Waals surface area contributed by atoms with Crippen LogP contribution in [0.4, 0.5) is 4.79 Å². The lowest BCUT2D eigenvalue weighted by molar-refractivity contribution is 0.0911. The van der Waals surface area contributed by atoms with E-state index < -0.39 is 0 Å². The summed E-state index contributed by atoms with van der Waals surface area (Å²) in [4.78, 5) is 13.7. The van der Waals surface area contributed by atoms with E-state index in [-0.39, 0.29) is 12.7 Å². The number of piperidine rings is 1. The van der Waals surface area contributed by atoms with Crippen LogP contribution in [0.3, 0.4) is 0 Å². The first-order valence-corrected chi connectivity index (χ1v) is 6.72. The van der Waals surface area contributed by atoms with Crippen LogP contribution in [0.1, 0.15) is 12.8 Å². The Morgan fingerprint density at radius 1 is 1.37 bits per heavy atom. The number of ether oxygens (including phenoxy) is 2. The Morgan fingerprint density at radius 3 is 2.58 bits per heavy atom. The van der Waals surface area contributed by atoms with Gasteiger partial charge in [0.05, 0.1) is 12.7 Å². The summed E-state index contributed by atoms with van der Waals surface area (Å²) in [5.41, 5.74) is 0.851. The zero-order chi connectivity index (χ0) is 13.7. The van der Waals surface area contributed by atoms with Crippen molar-refractivity contribution in [2.45, 2.75) is 18.9 Å². The fourth-order valence-electron chi connectivity index (χ4n) is 2.34. The lowest BCUT2D eigenvalue weighted by Crippen LogP contribution is -2.40. The van der Waals surface area contributed by atoms with Crippen LogP contribution in [-0.4, -0.2) is 43.4 Å². The average Bonchev–Trinajstić information content (AvgIpc) is 3.28. The fourth-order valence-corrected chi connectivity index (χ4v) is 2.34. The zero-order valence-corrected chi connectivity index (χ0v) is 11.2. The Balaban J connectivity index is 1.73. The minimum absolute atomic E-state index is 0.244. The van der Waals surface area contributed by atoms with Crippen molar-refractivity contribution in [2.75, 3.05) is 26.3 Å². The molecular formula is C15H21NO3. The normalized spacial score (nSPS) is 23.9. The quantitative estimate of drug-likeness (QED) is 0.565. The van der Waals surface area contributed by atoms with Crippen LogP contribution in [0, 0.1) is 5.92 Å². The average molecular weight is 263 g/mol. The smallest absolute Gasteiger partial charge is 0.410 e. The maximum atomic E-state index is 11.9. The highest BCUT2D eigenvalue weighted by Crippen LogP contribution is 2.29. The number of amides is 1. The third-order valence-corrected chi connectivity index (χ3v) is 3.64. The molecule has 4 nitrogen and oxygen atoms in total. The number of hydrogen-bond acceptors (Lipinski definition) is 3. The highest BCUT2D eigenvalue weighted by molar-refractivity contribution is 5.68. The van der Waals surface area contributed by atoms with Gasteiger partial charge in [0.1, 0.15) is 6.61 Å². The molecular weight excluding hydrogens is 242 g/mol. The van der Waals surface area contributed by atoms with Gasteiger partial charge >= 0.3 is 6.09 Å². The van der Waals surface area contributed by atoms with Gasteiger partial charge in [0, 0.05) is 13.1 Å². The number of allylic oxidation sites excluding steroid dienone is 2. The van der Waals surface area contributed by atoms with Gasteiger partial charge in [0.25, 0.3) is 0 Å².